The lowest BCUT2D eigenvalue weighted by Gasteiger charge is -2.16. The summed E-state index contributed by atoms with van der Waals surface area (Å²) in [5.41, 5.74) is 0. The van der Waals surface area contributed by atoms with E-state index in [-0.39, 0.29) is 24.6 Å². The van der Waals surface area contributed by atoms with E-state index in [4.69, 9.17) is 5.11 Å². The van der Waals surface area contributed by atoms with Crippen molar-refractivity contribution >= 4 is 5.91 Å². The normalized spacial score (nSPS) is 15.6. The number of likely N-dealkylation sites (N-methyl/N-ethyl adjacent to an activating group) is 1. The summed E-state index contributed by atoms with van der Waals surface area (Å²) in [6.07, 6.45) is 0. The number of carbonyl (C=O) groups excluding carboxylic acids is 1. The van der Waals surface area contributed by atoms with Gasteiger partial charge in [-0.2, -0.15) is 0 Å². The molecule has 0 saturated heterocycles. The third-order valence-electron chi connectivity index (χ3n) is 1.45. The van der Waals surface area contributed by atoms with Gasteiger partial charge in [0.2, 0.25) is 5.91 Å². The maximum absolute atomic E-state index is 10.9. The molecule has 66 valence electrons. The van der Waals surface area contributed by atoms with Gasteiger partial charge in [0, 0.05) is 13.1 Å². The first-order valence-electron chi connectivity index (χ1n) is 3.70. The van der Waals surface area contributed by atoms with Crippen LogP contribution in [0.2, 0.25) is 0 Å². The zero-order valence-electron chi connectivity index (χ0n) is 7.22. The number of amides is 1. The Morgan fingerprint density at radius 1 is 1.55 bits per heavy atom. The summed E-state index contributed by atoms with van der Waals surface area (Å²) in [7, 11) is 1.59. The van der Waals surface area contributed by atoms with Crippen LogP contribution in [0.3, 0.4) is 0 Å². The van der Waals surface area contributed by atoms with E-state index >= 15 is 0 Å². The van der Waals surface area contributed by atoms with Crippen LogP contribution in [0.1, 0.15) is 13.8 Å². The van der Waals surface area contributed by atoms with Crippen LogP contribution in [0, 0.1) is 0 Å². The summed E-state index contributed by atoms with van der Waals surface area (Å²) in [5, 5.41) is 14.1. The van der Waals surface area contributed by atoms with Crippen molar-refractivity contribution in [3.63, 3.8) is 0 Å². The fraction of sp³-hybridized carbons (Fsp3) is 0.857. The van der Waals surface area contributed by atoms with E-state index in [1.807, 2.05) is 6.92 Å². The number of hydrogen-bond acceptors (Lipinski definition) is 3. The minimum atomic E-state index is -0.248. The van der Waals surface area contributed by atoms with E-state index < -0.39 is 0 Å². The average molecular weight is 160 g/mol. The second kappa shape index (κ2) is 5.09. The summed E-state index contributed by atoms with van der Waals surface area (Å²) in [6, 6.07) is -0.288. The largest absolute Gasteiger partial charge is 0.395 e. The molecule has 0 rings (SSSR count). The van der Waals surface area contributed by atoms with Gasteiger partial charge in [-0.25, -0.2) is 0 Å². The standard InChI is InChI=1S/C7H16N2O2/c1-5(4-10)9-6(2)7(11)8-3/h5-6,9-10H,4H2,1-3H3,(H,8,11). The summed E-state index contributed by atoms with van der Waals surface area (Å²) in [4.78, 5) is 10.9. The molecule has 2 unspecified atom stereocenters. The lowest BCUT2D eigenvalue weighted by atomic mass is 10.2. The summed E-state index contributed by atoms with van der Waals surface area (Å²) >= 11 is 0. The van der Waals surface area contributed by atoms with E-state index in [0.717, 1.165) is 0 Å². The maximum Gasteiger partial charge on any atom is 0.236 e. The number of carbonyl (C=O) groups is 1. The first-order chi connectivity index (χ1) is 5.11. The Labute approximate surface area is 67.0 Å². The van der Waals surface area contributed by atoms with Gasteiger partial charge >= 0.3 is 0 Å². The number of aliphatic hydroxyl groups excluding tert-OH is 1. The molecule has 3 N–H and O–H groups in total. The van der Waals surface area contributed by atoms with Gasteiger partial charge in [0.05, 0.1) is 12.6 Å². The minimum absolute atomic E-state index is 0.0395. The van der Waals surface area contributed by atoms with Gasteiger partial charge in [-0.3, -0.25) is 4.79 Å². The molecule has 0 fully saturated rings. The van der Waals surface area contributed by atoms with Gasteiger partial charge < -0.3 is 15.7 Å². The number of aliphatic hydroxyl groups is 1. The number of nitrogens with one attached hydrogen (secondary N) is 2. The molecule has 0 aliphatic carbocycles. The van der Waals surface area contributed by atoms with Crippen LogP contribution in [-0.4, -0.2) is 36.8 Å². The van der Waals surface area contributed by atoms with Crippen LogP contribution in [-0.2, 0) is 4.79 Å². The first kappa shape index (κ1) is 10.4. The highest BCUT2D eigenvalue weighted by Gasteiger charge is 2.12. The van der Waals surface area contributed by atoms with Crippen LogP contribution in [0.4, 0.5) is 0 Å². The SMILES string of the molecule is CNC(=O)C(C)NC(C)CO. The molecular formula is C7H16N2O2. The Morgan fingerprint density at radius 2 is 2.09 bits per heavy atom. The topological polar surface area (TPSA) is 61.4 Å². The van der Waals surface area contributed by atoms with Gasteiger partial charge in [-0.1, -0.05) is 0 Å². The van der Waals surface area contributed by atoms with Gasteiger partial charge in [0.1, 0.15) is 0 Å². The average Bonchev–Trinajstić information content (AvgIpc) is 2.02. The monoisotopic (exact) mass is 160 g/mol. The Hall–Kier alpha value is -0.610. The molecule has 11 heavy (non-hydrogen) atoms. The van der Waals surface area contributed by atoms with Gasteiger partial charge in [-0.15, -0.1) is 0 Å². The second-order valence-corrected chi connectivity index (χ2v) is 2.59. The second-order valence-electron chi connectivity index (χ2n) is 2.59. The molecule has 0 aromatic carbocycles. The molecule has 4 heteroatoms. The fourth-order valence-electron chi connectivity index (χ4n) is 0.772. The van der Waals surface area contributed by atoms with Crippen molar-refractivity contribution < 1.29 is 9.90 Å². The van der Waals surface area contributed by atoms with E-state index in [1.165, 1.54) is 0 Å². The molecule has 0 radical (unpaired) electrons. The van der Waals surface area contributed by atoms with Crippen molar-refractivity contribution in [3.05, 3.63) is 0 Å². The maximum atomic E-state index is 10.9. The van der Waals surface area contributed by atoms with Crippen LogP contribution in [0.15, 0.2) is 0 Å². The predicted octanol–water partition coefficient (Wildman–Crippen LogP) is -0.909. The molecule has 4 nitrogen and oxygen atoms in total. The molecule has 2 atom stereocenters. The van der Waals surface area contributed by atoms with Crippen LogP contribution in [0.25, 0.3) is 0 Å². The zero-order chi connectivity index (χ0) is 8.85. The van der Waals surface area contributed by atoms with Crippen molar-refractivity contribution in [1.29, 1.82) is 0 Å². The lowest BCUT2D eigenvalue weighted by molar-refractivity contribution is -0.122. The van der Waals surface area contributed by atoms with Crippen molar-refractivity contribution in [2.24, 2.45) is 0 Å². The Kier molecular flexibility index (Phi) is 4.81. The highest BCUT2D eigenvalue weighted by Crippen LogP contribution is 1.85. The van der Waals surface area contributed by atoms with Crippen molar-refractivity contribution in [2.45, 2.75) is 25.9 Å². The molecule has 0 heterocycles. The highest BCUT2D eigenvalue weighted by atomic mass is 16.3. The zero-order valence-corrected chi connectivity index (χ0v) is 7.22. The van der Waals surface area contributed by atoms with E-state index in [0.29, 0.717) is 0 Å². The molecule has 0 aromatic rings. The quantitative estimate of drug-likeness (QED) is 0.499. The van der Waals surface area contributed by atoms with Crippen LogP contribution < -0.4 is 10.6 Å². The summed E-state index contributed by atoms with van der Waals surface area (Å²) < 4.78 is 0. The molecule has 1 amide bonds. The highest BCUT2D eigenvalue weighted by molar-refractivity contribution is 5.80. The van der Waals surface area contributed by atoms with Crippen molar-refractivity contribution in [3.8, 4) is 0 Å². The van der Waals surface area contributed by atoms with E-state index in [9.17, 15) is 4.79 Å². The molecular weight excluding hydrogens is 144 g/mol. The van der Waals surface area contributed by atoms with Crippen molar-refractivity contribution in [2.75, 3.05) is 13.7 Å². The molecule has 0 saturated carbocycles. The summed E-state index contributed by atoms with van der Waals surface area (Å²) in [6.45, 7) is 3.62. The Morgan fingerprint density at radius 3 is 2.45 bits per heavy atom. The third kappa shape index (κ3) is 3.95. The third-order valence-corrected chi connectivity index (χ3v) is 1.45. The smallest absolute Gasteiger partial charge is 0.236 e. The summed E-state index contributed by atoms with van der Waals surface area (Å²) in [5.74, 6) is -0.0645. The molecule has 0 aromatic heterocycles. The van der Waals surface area contributed by atoms with Gasteiger partial charge in [0.25, 0.3) is 0 Å². The molecule has 0 aliphatic heterocycles. The molecule has 0 aliphatic rings. The van der Waals surface area contributed by atoms with Crippen LogP contribution >= 0.6 is 0 Å². The van der Waals surface area contributed by atoms with E-state index in [2.05, 4.69) is 10.6 Å². The number of rotatable bonds is 4. The number of hydrogen-bond donors (Lipinski definition) is 3. The van der Waals surface area contributed by atoms with E-state index in [1.54, 1.807) is 14.0 Å². The Bertz CT molecular complexity index is 128. The lowest BCUT2D eigenvalue weighted by Crippen LogP contribution is -2.45. The predicted molar refractivity (Wildman–Crippen MR) is 43.2 cm³/mol. The van der Waals surface area contributed by atoms with Crippen molar-refractivity contribution in [1.82, 2.24) is 10.6 Å². The fourth-order valence-corrected chi connectivity index (χ4v) is 0.772. The minimum Gasteiger partial charge on any atom is -0.395 e. The Balaban J connectivity index is 3.67. The molecule has 0 bridgehead atoms. The molecule has 0 spiro atoms. The first-order valence-corrected chi connectivity index (χ1v) is 3.70. The van der Waals surface area contributed by atoms with Gasteiger partial charge in [-0.05, 0) is 13.8 Å². The van der Waals surface area contributed by atoms with Crippen LogP contribution in [0.5, 0.6) is 0 Å². The van der Waals surface area contributed by atoms with Gasteiger partial charge in [0.15, 0.2) is 0 Å².